The molecule has 0 atom stereocenters. The number of aryl methyl sites for hydroxylation is 1. The molecule has 0 radical (unpaired) electrons. The number of alkyl halides is 3. The molecule has 1 fully saturated rings. The lowest BCUT2D eigenvalue weighted by atomic mass is 9.98. The minimum atomic E-state index is -2.00. The van der Waals surface area contributed by atoms with E-state index >= 15 is 0 Å². The van der Waals surface area contributed by atoms with Gasteiger partial charge in [-0.3, -0.25) is 9.59 Å². The summed E-state index contributed by atoms with van der Waals surface area (Å²) in [4.78, 5) is 24.2. The van der Waals surface area contributed by atoms with E-state index in [0.717, 1.165) is 12.8 Å². The maximum Gasteiger partial charge on any atom is 0.255 e. The van der Waals surface area contributed by atoms with Crippen LogP contribution in [0.25, 0.3) is 0 Å². The predicted molar refractivity (Wildman–Crippen MR) is 80.9 cm³/mol. The highest BCUT2D eigenvalue weighted by molar-refractivity contribution is 6.77. The second kappa shape index (κ2) is 6.08. The minimum absolute atomic E-state index is 0.0517. The second-order valence-corrected chi connectivity index (χ2v) is 7.61. The van der Waals surface area contributed by atoms with Crippen LogP contribution in [0.3, 0.4) is 0 Å². The van der Waals surface area contributed by atoms with Crippen molar-refractivity contribution in [2.75, 3.05) is 0 Å². The molecule has 1 aliphatic carbocycles. The summed E-state index contributed by atoms with van der Waals surface area (Å²) in [6.45, 7) is 0. The molecule has 1 aliphatic rings. The van der Waals surface area contributed by atoms with Gasteiger partial charge in [-0.25, -0.2) is 0 Å². The maximum absolute atomic E-state index is 12.2. The Labute approximate surface area is 133 Å². The number of Topliss-reactive ketones (excluding diaryl/α,β-unsaturated/α-hetero) is 2. The van der Waals surface area contributed by atoms with Gasteiger partial charge in [0.25, 0.3) is 3.79 Å². The number of hydrogen-bond donors (Lipinski definition) is 0. The molecule has 0 spiro atoms. The second-order valence-electron chi connectivity index (χ2n) is 5.33. The monoisotopic (exact) mass is 335 g/mol. The van der Waals surface area contributed by atoms with Crippen LogP contribution < -0.4 is 0 Å². The molecule has 20 heavy (non-hydrogen) atoms. The molecule has 0 N–H and O–H groups in total. The summed E-state index contributed by atoms with van der Waals surface area (Å²) in [5.41, 5.74) is 0.747. The zero-order valence-corrected chi connectivity index (χ0v) is 13.4. The maximum atomic E-state index is 12.2. The van der Waals surface area contributed by atoms with Crippen LogP contribution in [0.15, 0.2) is 12.3 Å². The van der Waals surface area contributed by atoms with E-state index in [2.05, 4.69) is 0 Å². The fourth-order valence-corrected chi connectivity index (χ4v) is 2.97. The van der Waals surface area contributed by atoms with Crippen LogP contribution >= 0.6 is 34.8 Å². The average molecular weight is 337 g/mol. The Kier molecular flexibility index (Phi) is 4.83. The van der Waals surface area contributed by atoms with Crippen LogP contribution in [0.5, 0.6) is 0 Å². The summed E-state index contributed by atoms with van der Waals surface area (Å²) >= 11 is 16.8. The van der Waals surface area contributed by atoms with Crippen LogP contribution in [0.4, 0.5) is 0 Å². The molecule has 1 saturated carbocycles. The van der Waals surface area contributed by atoms with Gasteiger partial charge in [0, 0.05) is 25.2 Å². The van der Waals surface area contributed by atoms with Gasteiger partial charge in [-0.2, -0.15) is 0 Å². The largest absolute Gasteiger partial charge is 0.347 e. The summed E-state index contributed by atoms with van der Waals surface area (Å²) < 4.78 is -0.468. The van der Waals surface area contributed by atoms with Crippen LogP contribution in [0.1, 0.15) is 53.0 Å². The van der Waals surface area contributed by atoms with Gasteiger partial charge in [-0.1, -0.05) is 60.5 Å². The molecule has 1 aromatic rings. The van der Waals surface area contributed by atoms with E-state index in [1.54, 1.807) is 13.2 Å². The third-order valence-electron chi connectivity index (χ3n) is 3.77. The van der Waals surface area contributed by atoms with Crippen molar-refractivity contribution in [2.24, 2.45) is 13.0 Å². The molecule has 0 unspecified atom stereocenters. The lowest BCUT2D eigenvalue weighted by Gasteiger charge is -2.09. The minimum Gasteiger partial charge on any atom is -0.347 e. The summed E-state index contributed by atoms with van der Waals surface area (Å²) in [6.07, 6.45) is 6.77. The van der Waals surface area contributed by atoms with E-state index in [0.29, 0.717) is 17.9 Å². The number of ketones is 2. The van der Waals surface area contributed by atoms with Gasteiger partial charge in [0.05, 0.1) is 5.69 Å². The van der Waals surface area contributed by atoms with Crippen molar-refractivity contribution in [3.8, 4) is 0 Å². The fraction of sp³-hybridized carbons (Fsp3) is 0.571. The normalized spacial score (nSPS) is 16.6. The molecule has 2 rings (SSSR count). The number of rotatable bonds is 4. The van der Waals surface area contributed by atoms with Gasteiger partial charge in [0.1, 0.15) is 0 Å². The summed E-state index contributed by atoms with van der Waals surface area (Å²) in [5.74, 6) is -0.101. The lowest BCUT2D eigenvalue weighted by molar-refractivity contribution is 0.0961. The Morgan fingerprint density at radius 2 is 1.90 bits per heavy atom. The first-order valence-corrected chi connectivity index (χ1v) is 7.73. The van der Waals surface area contributed by atoms with Crippen LogP contribution in [0.2, 0.25) is 0 Å². The summed E-state index contributed by atoms with van der Waals surface area (Å²) in [6, 6.07) is 1.52. The molecule has 0 saturated heterocycles. The van der Waals surface area contributed by atoms with Gasteiger partial charge in [0.15, 0.2) is 5.78 Å². The summed E-state index contributed by atoms with van der Waals surface area (Å²) in [5, 5.41) is 0. The van der Waals surface area contributed by atoms with Crippen LogP contribution in [-0.2, 0) is 7.05 Å². The summed E-state index contributed by atoms with van der Waals surface area (Å²) in [7, 11) is 1.66. The number of hydrogen-bond acceptors (Lipinski definition) is 2. The molecule has 1 heterocycles. The number of halogens is 3. The Morgan fingerprint density at radius 3 is 2.45 bits per heavy atom. The highest BCUT2D eigenvalue weighted by atomic mass is 35.6. The number of carbonyl (C=O) groups is 2. The Balaban J connectivity index is 2.14. The van der Waals surface area contributed by atoms with Gasteiger partial charge >= 0.3 is 0 Å². The van der Waals surface area contributed by atoms with E-state index in [1.807, 2.05) is 0 Å². The lowest BCUT2D eigenvalue weighted by Crippen LogP contribution is -2.21. The van der Waals surface area contributed by atoms with Crippen molar-refractivity contribution in [2.45, 2.75) is 35.9 Å². The van der Waals surface area contributed by atoms with Crippen molar-refractivity contribution < 1.29 is 9.59 Å². The van der Waals surface area contributed by atoms with Crippen molar-refractivity contribution in [1.82, 2.24) is 4.57 Å². The molecule has 110 valence electrons. The number of aromatic nitrogens is 1. The zero-order valence-electron chi connectivity index (χ0n) is 11.2. The molecule has 3 nitrogen and oxygen atoms in total. The first-order valence-electron chi connectivity index (χ1n) is 6.60. The number of nitrogens with zero attached hydrogens (tertiary/aromatic N) is 1. The van der Waals surface area contributed by atoms with Crippen molar-refractivity contribution in [3.63, 3.8) is 0 Å². The Morgan fingerprint density at radius 1 is 1.30 bits per heavy atom. The highest BCUT2D eigenvalue weighted by Gasteiger charge is 2.34. The molecule has 0 amide bonds. The number of carbonyl (C=O) groups excluding carboxylic acids is 2. The average Bonchev–Trinajstić information content (AvgIpc) is 2.96. The Bertz CT molecular complexity index is 525. The first-order chi connectivity index (χ1) is 9.29. The standard InChI is InChI=1S/C14H16Cl3NO2/c1-18-8-10(7-11(18)13(20)14(15,16)17)12(19)6-9-4-2-3-5-9/h7-9H,2-6H2,1H3. The third kappa shape index (κ3) is 3.57. The van der Waals surface area contributed by atoms with Crippen molar-refractivity contribution in [1.29, 1.82) is 0 Å². The topological polar surface area (TPSA) is 39.1 Å². The first kappa shape index (κ1) is 15.9. The SMILES string of the molecule is Cn1cc(C(=O)CC2CCCC2)cc1C(=O)C(Cl)(Cl)Cl. The van der Waals surface area contributed by atoms with Crippen molar-refractivity contribution in [3.05, 3.63) is 23.5 Å². The van der Waals surface area contributed by atoms with Gasteiger partial charge in [-0.15, -0.1) is 0 Å². The van der Waals surface area contributed by atoms with E-state index < -0.39 is 9.58 Å². The molecule has 0 aromatic carbocycles. The fourth-order valence-electron chi connectivity index (χ4n) is 2.68. The predicted octanol–water partition coefficient (Wildman–Crippen LogP) is 4.34. The molecule has 0 bridgehead atoms. The molecular formula is C14H16Cl3NO2. The Hall–Kier alpha value is -0.510. The molecule has 0 aliphatic heterocycles. The van der Waals surface area contributed by atoms with E-state index in [4.69, 9.17) is 34.8 Å². The smallest absolute Gasteiger partial charge is 0.255 e. The van der Waals surface area contributed by atoms with Gasteiger partial charge in [0.2, 0.25) is 5.78 Å². The third-order valence-corrected chi connectivity index (χ3v) is 4.28. The van der Waals surface area contributed by atoms with E-state index in [-0.39, 0.29) is 11.5 Å². The molecule has 1 aromatic heterocycles. The highest BCUT2D eigenvalue weighted by Crippen LogP contribution is 2.32. The molecule has 6 heteroatoms. The van der Waals surface area contributed by atoms with Gasteiger partial charge < -0.3 is 4.57 Å². The van der Waals surface area contributed by atoms with Gasteiger partial charge in [-0.05, 0) is 12.0 Å². The van der Waals surface area contributed by atoms with Crippen LogP contribution in [0, 0.1) is 5.92 Å². The molecular weight excluding hydrogens is 321 g/mol. The van der Waals surface area contributed by atoms with Crippen molar-refractivity contribution >= 4 is 46.4 Å². The van der Waals surface area contributed by atoms with E-state index in [9.17, 15) is 9.59 Å². The quantitative estimate of drug-likeness (QED) is 0.606. The zero-order chi connectivity index (χ0) is 14.9. The van der Waals surface area contributed by atoms with Crippen LogP contribution in [-0.4, -0.2) is 19.9 Å². The van der Waals surface area contributed by atoms with E-state index in [1.165, 1.54) is 23.5 Å².